The summed E-state index contributed by atoms with van der Waals surface area (Å²) in [5, 5.41) is 13.0. The van der Waals surface area contributed by atoms with Crippen molar-refractivity contribution in [3.05, 3.63) is 58.1 Å². The molecule has 2 aromatic rings. The number of anilines is 1. The van der Waals surface area contributed by atoms with Crippen LogP contribution in [-0.2, 0) is 22.4 Å². The van der Waals surface area contributed by atoms with Crippen LogP contribution in [0.4, 0.5) is 15.3 Å². The van der Waals surface area contributed by atoms with E-state index in [2.05, 4.69) is 38.1 Å². The number of benzene rings is 2. The van der Waals surface area contributed by atoms with E-state index in [1.807, 2.05) is 34.1 Å². The van der Waals surface area contributed by atoms with Crippen molar-refractivity contribution >= 4 is 39.6 Å². The van der Waals surface area contributed by atoms with Gasteiger partial charge >= 0.3 is 12.1 Å². The highest BCUT2D eigenvalue weighted by molar-refractivity contribution is 9.10. The zero-order valence-corrected chi connectivity index (χ0v) is 28.2. The quantitative estimate of drug-likeness (QED) is 0.470. The van der Waals surface area contributed by atoms with E-state index in [1.165, 1.54) is 0 Å². The monoisotopic (exact) mass is 696 g/mol. The van der Waals surface area contributed by atoms with Gasteiger partial charge in [0.2, 0.25) is 0 Å². The van der Waals surface area contributed by atoms with Gasteiger partial charge in [-0.05, 0) is 97.5 Å². The summed E-state index contributed by atoms with van der Waals surface area (Å²) in [4.78, 5) is 50.7. The van der Waals surface area contributed by atoms with E-state index in [9.17, 15) is 19.5 Å². The predicted molar refractivity (Wildman–Crippen MR) is 179 cm³/mol. The Kier molecular flexibility index (Phi) is 10.3. The van der Waals surface area contributed by atoms with Crippen LogP contribution in [-0.4, -0.2) is 132 Å². The molecule has 0 saturated carbocycles. The van der Waals surface area contributed by atoms with E-state index in [0.717, 1.165) is 62.3 Å². The highest BCUT2D eigenvalue weighted by Gasteiger charge is 2.36. The molecule has 1 unspecified atom stereocenters. The van der Waals surface area contributed by atoms with Gasteiger partial charge in [0.05, 0.1) is 4.47 Å². The first-order chi connectivity index (χ1) is 22.2. The van der Waals surface area contributed by atoms with Crippen LogP contribution in [0.2, 0.25) is 0 Å². The summed E-state index contributed by atoms with van der Waals surface area (Å²) in [5.74, 6) is -0.0743. The van der Waals surface area contributed by atoms with E-state index in [0.29, 0.717) is 56.1 Å². The van der Waals surface area contributed by atoms with Gasteiger partial charge in [0.25, 0.3) is 5.91 Å². The van der Waals surface area contributed by atoms with Crippen molar-refractivity contribution in [2.24, 2.45) is 0 Å². The fourth-order valence-electron chi connectivity index (χ4n) is 7.24. The number of phenolic OH excluding ortho intramolecular Hbond substituents is 1. The smallest absolute Gasteiger partial charge is 0.410 e. The maximum Gasteiger partial charge on any atom is 0.410 e. The average molecular weight is 698 g/mol. The Morgan fingerprint density at radius 2 is 1.61 bits per heavy atom. The lowest BCUT2D eigenvalue weighted by Gasteiger charge is -2.42. The highest BCUT2D eigenvalue weighted by Crippen LogP contribution is 2.27. The first-order valence-electron chi connectivity index (χ1n) is 16.5. The number of phenols is 1. The van der Waals surface area contributed by atoms with Crippen LogP contribution in [0.3, 0.4) is 0 Å². The molecule has 0 spiro atoms. The lowest BCUT2D eigenvalue weighted by atomic mass is 10.0. The zero-order valence-electron chi connectivity index (χ0n) is 26.6. The molecule has 4 aliphatic heterocycles. The first-order valence-corrected chi connectivity index (χ1v) is 17.3. The van der Waals surface area contributed by atoms with Gasteiger partial charge in [-0.25, -0.2) is 9.59 Å². The molecular weight excluding hydrogens is 652 g/mol. The number of piperidine rings is 2. The van der Waals surface area contributed by atoms with Crippen molar-refractivity contribution in [3.63, 3.8) is 0 Å². The highest BCUT2D eigenvalue weighted by atomic mass is 79.9. The predicted octanol–water partition coefficient (Wildman–Crippen LogP) is 4.00. The number of rotatable bonds is 6. The standard InChI is InChI=1S/C34H45BrN6O5/c1-37-13-9-26(10-14-37)38-18-20-39(21-19-38)32(43)31(23-24-6-7-30(42)28(35)22-24)46-34(45)40-15-11-27(12-16-40)41-17-8-25-4-2-3-5-29(25)36-33(41)44/h2-7,22,26-27,31,42H,8-21,23H2,1H3,(H,36,44). The lowest BCUT2D eigenvalue weighted by Crippen LogP contribution is -2.56. The third kappa shape index (κ3) is 7.61. The number of amides is 4. The largest absolute Gasteiger partial charge is 0.507 e. The van der Waals surface area contributed by atoms with Crippen molar-refractivity contribution in [1.29, 1.82) is 0 Å². The summed E-state index contributed by atoms with van der Waals surface area (Å²) < 4.78 is 6.53. The van der Waals surface area contributed by atoms with Crippen LogP contribution in [0.5, 0.6) is 5.75 Å². The fraction of sp³-hybridized carbons (Fsp3) is 0.559. The summed E-state index contributed by atoms with van der Waals surface area (Å²) in [6.07, 6.45) is 3.08. The van der Waals surface area contributed by atoms with E-state index in [4.69, 9.17) is 4.74 Å². The van der Waals surface area contributed by atoms with Crippen molar-refractivity contribution in [1.82, 2.24) is 24.5 Å². The molecule has 6 rings (SSSR count). The van der Waals surface area contributed by atoms with Gasteiger partial charge in [0, 0.05) is 70.0 Å². The van der Waals surface area contributed by atoms with Crippen LogP contribution in [0.25, 0.3) is 0 Å². The van der Waals surface area contributed by atoms with Gasteiger partial charge in [-0.1, -0.05) is 24.3 Å². The van der Waals surface area contributed by atoms with Crippen molar-refractivity contribution in [2.45, 2.75) is 56.7 Å². The van der Waals surface area contributed by atoms with E-state index in [-0.39, 0.29) is 30.2 Å². The molecule has 11 nitrogen and oxygen atoms in total. The minimum absolute atomic E-state index is 0.0194. The minimum Gasteiger partial charge on any atom is -0.507 e. The van der Waals surface area contributed by atoms with Crippen LogP contribution in [0.15, 0.2) is 46.9 Å². The number of urea groups is 1. The number of fused-ring (bicyclic) bond motifs is 1. The summed E-state index contributed by atoms with van der Waals surface area (Å²) in [7, 11) is 2.16. The number of halogens is 1. The number of para-hydroxylation sites is 1. The van der Waals surface area contributed by atoms with Crippen LogP contribution >= 0.6 is 15.9 Å². The van der Waals surface area contributed by atoms with Crippen molar-refractivity contribution in [2.75, 3.05) is 71.3 Å². The molecule has 12 heteroatoms. The van der Waals surface area contributed by atoms with Gasteiger partial charge in [0.1, 0.15) is 5.75 Å². The van der Waals surface area contributed by atoms with Crippen LogP contribution in [0, 0.1) is 0 Å². The Hall–Kier alpha value is -3.35. The summed E-state index contributed by atoms with van der Waals surface area (Å²) in [5.41, 5.74) is 2.77. The minimum atomic E-state index is -0.980. The molecule has 2 aromatic carbocycles. The Balaban J connectivity index is 1.07. The Labute approximate surface area is 279 Å². The third-order valence-corrected chi connectivity index (χ3v) is 10.7. The molecule has 248 valence electrons. The van der Waals surface area contributed by atoms with E-state index in [1.54, 1.807) is 23.1 Å². The molecule has 0 radical (unpaired) electrons. The topological polar surface area (TPSA) is 109 Å². The lowest BCUT2D eigenvalue weighted by molar-refractivity contribution is -0.143. The fourth-order valence-corrected chi connectivity index (χ4v) is 7.66. The number of nitrogens with zero attached hydrogens (tertiary/aromatic N) is 5. The van der Waals surface area contributed by atoms with Gasteiger partial charge in [-0.2, -0.15) is 0 Å². The number of nitrogens with one attached hydrogen (secondary N) is 1. The molecule has 0 aromatic heterocycles. The molecule has 1 atom stereocenters. The van der Waals surface area contributed by atoms with Gasteiger partial charge < -0.3 is 34.8 Å². The number of carbonyl (C=O) groups excluding carboxylic acids is 3. The number of piperazine rings is 1. The second kappa shape index (κ2) is 14.6. The SMILES string of the molecule is CN1CCC(N2CCN(C(=O)C(Cc3ccc(O)c(Br)c3)OC(=O)N3CCC(N4CCc5ccccc5NC4=O)CC3)CC2)CC1. The van der Waals surface area contributed by atoms with Gasteiger partial charge in [0.15, 0.2) is 6.10 Å². The molecule has 4 amide bonds. The molecule has 0 aliphatic carbocycles. The van der Waals surface area contributed by atoms with Crippen molar-refractivity contribution < 1.29 is 24.2 Å². The molecule has 46 heavy (non-hydrogen) atoms. The summed E-state index contributed by atoms with van der Waals surface area (Å²) in [6, 6.07) is 13.4. The normalized spacial score (nSPS) is 21.3. The second-order valence-corrected chi connectivity index (χ2v) is 13.9. The van der Waals surface area contributed by atoms with E-state index < -0.39 is 12.2 Å². The third-order valence-electron chi connectivity index (χ3n) is 10.1. The molecule has 0 bridgehead atoms. The molecule has 3 saturated heterocycles. The second-order valence-electron chi connectivity index (χ2n) is 13.0. The van der Waals surface area contributed by atoms with Gasteiger partial charge in [-0.15, -0.1) is 0 Å². The van der Waals surface area contributed by atoms with Gasteiger partial charge in [-0.3, -0.25) is 9.69 Å². The molecule has 4 heterocycles. The maximum absolute atomic E-state index is 13.9. The Morgan fingerprint density at radius 1 is 0.913 bits per heavy atom. The molecule has 3 fully saturated rings. The zero-order chi connectivity index (χ0) is 32.2. The van der Waals surface area contributed by atoms with Crippen LogP contribution in [0.1, 0.15) is 36.8 Å². The van der Waals surface area contributed by atoms with Crippen molar-refractivity contribution in [3.8, 4) is 5.75 Å². The Bertz CT molecular complexity index is 1400. The summed E-state index contributed by atoms with van der Waals surface area (Å²) >= 11 is 3.36. The maximum atomic E-state index is 13.9. The molecule has 4 aliphatic rings. The average Bonchev–Trinajstić information content (AvgIpc) is 3.24. The first kappa shape index (κ1) is 32.6. The number of aromatic hydroxyl groups is 1. The number of hydrogen-bond acceptors (Lipinski definition) is 7. The molecule has 2 N–H and O–H groups in total. The Morgan fingerprint density at radius 3 is 2.33 bits per heavy atom. The van der Waals surface area contributed by atoms with E-state index >= 15 is 0 Å². The van der Waals surface area contributed by atoms with Crippen LogP contribution < -0.4 is 5.32 Å². The number of carbonyl (C=O) groups is 3. The summed E-state index contributed by atoms with van der Waals surface area (Å²) in [6.45, 7) is 6.55. The number of likely N-dealkylation sites (tertiary alicyclic amines) is 2. The number of ether oxygens (including phenoxy) is 1. The molecular formula is C34H45BrN6O5. The number of hydrogen-bond donors (Lipinski definition) is 2.